The number of rotatable bonds is 38. The van der Waals surface area contributed by atoms with Crippen LogP contribution in [0.5, 0.6) is 0 Å². The number of aliphatic carboxylic acids is 1. The van der Waals surface area contributed by atoms with E-state index >= 15 is 0 Å². The van der Waals surface area contributed by atoms with Crippen LogP contribution in [0.1, 0.15) is 124 Å². The second kappa shape index (κ2) is 34.7. The van der Waals surface area contributed by atoms with Gasteiger partial charge in [0.2, 0.25) is 41.4 Å². The number of nitrogens with one attached hydrogen (secondary N) is 4. The summed E-state index contributed by atoms with van der Waals surface area (Å²) < 4.78 is 0. The van der Waals surface area contributed by atoms with Crippen molar-refractivity contribution < 1.29 is 72.5 Å². The lowest BCUT2D eigenvalue weighted by atomic mass is 9.87. The van der Waals surface area contributed by atoms with Crippen LogP contribution in [0.25, 0.3) is 0 Å². The zero-order valence-corrected chi connectivity index (χ0v) is 48.9. The highest BCUT2D eigenvalue weighted by Crippen LogP contribution is 2.21. The molecule has 0 saturated heterocycles. The van der Waals surface area contributed by atoms with Crippen molar-refractivity contribution in [3.63, 3.8) is 0 Å². The number of likely N-dealkylation sites (N-methyl/N-ethyl adjacent to an activating group) is 2. The summed E-state index contributed by atoms with van der Waals surface area (Å²) in [6.07, 6.45) is -3.00. The van der Waals surface area contributed by atoms with E-state index in [1.54, 1.807) is 81.4 Å². The van der Waals surface area contributed by atoms with E-state index in [0.29, 0.717) is 5.56 Å². The van der Waals surface area contributed by atoms with Crippen molar-refractivity contribution in [2.75, 3.05) is 20.7 Å². The second-order valence-corrected chi connectivity index (χ2v) is 22.1. The standard InChI is InChI=1S/C59H86N8O15/c1-33(2)25-42(62-52(75)24-22-47(70)45(29-40-19-15-12-16-20-40)67(10)58(81)36(6)27-48(71)37(7)60)49(72)26-35(5)55(78)65-54(34(3)4)50(73)30-41(28-39-17-13-11-14-18-39)57(80)63-43(31-53(76)77)59(82)66(9)38(8)56(79)64-44(32-68)46(69)21-23-51(61)74/h11-20,33-38,41-45,54,68H,21-32,60H2,1-10H3,(H2,61,74)(H,62,75)(H,63,80)(H,64,79)(H,65,78)(H,76,77)/t35-,36-,37+,38+,41-,42+,43+,44+,45+,54+/m1/s1. The Morgan fingerprint density at radius 1 is 0.524 bits per heavy atom. The molecule has 0 aromatic heterocycles. The molecule has 23 nitrogen and oxygen atoms in total. The molecule has 7 amide bonds. The van der Waals surface area contributed by atoms with Crippen LogP contribution < -0.4 is 32.7 Å². The largest absolute Gasteiger partial charge is 0.481 e. The van der Waals surface area contributed by atoms with Crippen LogP contribution in [0.15, 0.2) is 60.7 Å². The van der Waals surface area contributed by atoms with Gasteiger partial charge in [0.1, 0.15) is 23.9 Å². The second-order valence-electron chi connectivity index (χ2n) is 22.1. The fourth-order valence-corrected chi connectivity index (χ4v) is 8.99. The van der Waals surface area contributed by atoms with Crippen LogP contribution >= 0.6 is 0 Å². The number of benzene rings is 2. The van der Waals surface area contributed by atoms with Gasteiger partial charge in [0, 0.05) is 76.8 Å². The summed E-state index contributed by atoms with van der Waals surface area (Å²) in [6.45, 7) is 12.0. The van der Waals surface area contributed by atoms with E-state index in [1.807, 2.05) is 13.8 Å². The van der Waals surface area contributed by atoms with Gasteiger partial charge in [-0.1, -0.05) is 102 Å². The van der Waals surface area contributed by atoms with E-state index in [9.17, 15) is 72.5 Å². The molecule has 23 heteroatoms. The number of primary amides is 1. The first-order chi connectivity index (χ1) is 38.4. The zero-order chi connectivity index (χ0) is 62.1. The van der Waals surface area contributed by atoms with Crippen molar-refractivity contribution in [1.82, 2.24) is 31.1 Å². The fourth-order valence-electron chi connectivity index (χ4n) is 8.99. The molecule has 2 aromatic carbocycles. The molecule has 2 rings (SSSR count). The van der Waals surface area contributed by atoms with Crippen LogP contribution in [-0.2, 0) is 75.2 Å². The first-order valence-corrected chi connectivity index (χ1v) is 27.7. The molecule has 82 heavy (non-hydrogen) atoms. The molecular formula is C59H86N8O15. The first-order valence-electron chi connectivity index (χ1n) is 27.7. The van der Waals surface area contributed by atoms with Crippen LogP contribution in [0.4, 0.5) is 0 Å². The summed E-state index contributed by atoms with van der Waals surface area (Å²) in [7, 11) is 2.63. The average Bonchev–Trinajstić information content (AvgIpc) is 3.42. The maximum atomic E-state index is 14.3. The third-order valence-electron chi connectivity index (χ3n) is 14.1. The molecule has 10 N–H and O–H groups in total. The normalized spacial score (nSPS) is 14.9. The molecule has 0 aliphatic rings. The quantitative estimate of drug-likeness (QED) is 0.0473. The van der Waals surface area contributed by atoms with Gasteiger partial charge in [-0.3, -0.25) is 62.3 Å². The van der Waals surface area contributed by atoms with Crippen LogP contribution in [0.3, 0.4) is 0 Å². The Bertz CT molecular complexity index is 2560. The Balaban J connectivity index is 2.27. The van der Waals surface area contributed by atoms with Crippen molar-refractivity contribution in [3.05, 3.63) is 71.8 Å². The number of aliphatic hydroxyl groups excluding tert-OH is 1. The Morgan fingerprint density at radius 2 is 1.06 bits per heavy atom. The number of carboxylic acid groups (broad SMARTS) is 1. The van der Waals surface area contributed by atoms with Crippen LogP contribution in [0, 0.1) is 29.6 Å². The first kappa shape index (κ1) is 70.6. The maximum Gasteiger partial charge on any atom is 0.305 e. The summed E-state index contributed by atoms with van der Waals surface area (Å²) in [5, 5.41) is 29.8. The predicted octanol–water partition coefficient (Wildman–Crippen LogP) is 1.55. The van der Waals surface area contributed by atoms with E-state index in [4.69, 9.17) is 11.5 Å². The maximum absolute atomic E-state index is 14.3. The number of nitrogens with two attached hydrogens (primary N) is 2. The van der Waals surface area contributed by atoms with E-state index < -0.39 is 156 Å². The number of carbonyl (C=O) groups is 13. The zero-order valence-electron chi connectivity index (χ0n) is 48.9. The number of hydrogen-bond donors (Lipinski definition) is 8. The molecule has 0 aliphatic carbocycles. The predicted molar refractivity (Wildman–Crippen MR) is 302 cm³/mol. The summed E-state index contributed by atoms with van der Waals surface area (Å²) in [5.41, 5.74) is 12.2. The van der Waals surface area contributed by atoms with Gasteiger partial charge in [-0.2, -0.15) is 0 Å². The molecule has 0 fully saturated rings. The van der Waals surface area contributed by atoms with Gasteiger partial charge in [0.25, 0.3) is 0 Å². The lowest BCUT2D eigenvalue weighted by Gasteiger charge is -2.30. The van der Waals surface area contributed by atoms with Crippen molar-refractivity contribution in [3.8, 4) is 0 Å². The van der Waals surface area contributed by atoms with E-state index in [2.05, 4.69) is 21.3 Å². The van der Waals surface area contributed by atoms with Crippen molar-refractivity contribution in [2.45, 2.75) is 168 Å². The lowest BCUT2D eigenvalue weighted by Crippen LogP contribution is -2.56. The molecular weight excluding hydrogens is 1060 g/mol. The molecule has 0 heterocycles. The SMILES string of the molecule is CC(C)C[C@H](NC(=O)CCC(=O)[C@H](Cc1ccccc1)N(C)C(=O)[C@H](C)CC(=O)[C@H](C)N)C(=O)C[C@@H](C)C(=O)N[C@H](C(=O)C[C@@H](Cc1ccccc1)C(=O)N[C@@H](CC(=O)O)C(=O)N(C)[C@@H](C)C(=O)N[C@@H](CO)C(=O)CCC(N)=O)C(C)C. The number of hydrogen-bond acceptors (Lipinski definition) is 15. The Morgan fingerprint density at radius 3 is 1.57 bits per heavy atom. The highest BCUT2D eigenvalue weighted by Gasteiger charge is 2.37. The minimum atomic E-state index is -1.77. The van der Waals surface area contributed by atoms with E-state index in [0.717, 1.165) is 17.5 Å². The number of nitrogens with zero attached hydrogens (tertiary/aromatic N) is 2. The molecule has 0 unspecified atom stereocenters. The molecule has 2 aromatic rings. The molecule has 10 atom stereocenters. The number of ketones is 5. The molecule has 0 radical (unpaired) electrons. The van der Waals surface area contributed by atoms with Crippen molar-refractivity contribution in [2.24, 2.45) is 41.1 Å². The number of carboxylic acids is 1. The molecule has 0 aliphatic heterocycles. The van der Waals surface area contributed by atoms with Gasteiger partial charge in [-0.05, 0) is 56.1 Å². The molecule has 452 valence electrons. The van der Waals surface area contributed by atoms with E-state index in [1.165, 1.54) is 32.7 Å². The average molecular weight is 1150 g/mol. The third-order valence-corrected chi connectivity index (χ3v) is 14.1. The molecule has 0 saturated carbocycles. The van der Waals surface area contributed by atoms with Gasteiger partial charge in [0.15, 0.2) is 23.1 Å². The number of carbonyl (C=O) groups excluding carboxylic acids is 12. The highest BCUT2D eigenvalue weighted by molar-refractivity contribution is 5.99. The minimum absolute atomic E-state index is 0.0727. The lowest BCUT2D eigenvalue weighted by molar-refractivity contribution is -0.146. The monoisotopic (exact) mass is 1150 g/mol. The topological polar surface area (TPSA) is 369 Å². The summed E-state index contributed by atoms with van der Waals surface area (Å²) in [5.74, 6) is -13.1. The highest BCUT2D eigenvalue weighted by atomic mass is 16.4. The van der Waals surface area contributed by atoms with Gasteiger partial charge >= 0.3 is 5.97 Å². The fraction of sp³-hybridized carbons (Fsp3) is 0.576. The van der Waals surface area contributed by atoms with Gasteiger partial charge in [-0.25, -0.2) is 0 Å². The molecule has 0 bridgehead atoms. The van der Waals surface area contributed by atoms with E-state index in [-0.39, 0.29) is 69.5 Å². The Hall–Kier alpha value is -7.53. The summed E-state index contributed by atoms with van der Waals surface area (Å²) >= 11 is 0. The van der Waals surface area contributed by atoms with Crippen molar-refractivity contribution >= 4 is 76.2 Å². The third kappa shape index (κ3) is 23.9. The smallest absolute Gasteiger partial charge is 0.305 e. The number of amides is 7. The van der Waals surface area contributed by atoms with Crippen LogP contribution in [0.2, 0.25) is 0 Å². The van der Waals surface area contributed by atoms with Gasteiger partial charge in [-0.15, -0.1) is 0 Å². The van der Waals surface area contributed by atoms with Gasteiger partial charge < -0.3 is 52.7 Å². The summed E-state index contributed by atoms with van der Waals surface area (Å²) in [4.78, 5) is 175. The summed E-state index contributed by atoms with van der Waals surface area (Å²) in [6, 6.07) is 8.89. The van der Waals surface area contributed by atoms with Crippen molar-refractivity contribution in [1.29, 1.82) is 0 Å². The Kier molecular flexibility index (Phi) is 29.9. The van der Waals surface area contributed by atoms with Gasteiger partial charge in [0.05, 0.1) is 37.2 Å². The molecule has 0 spiro atoms. The Labute approximate surface area is 480 Å². The number of Topliss-reactive ketones (excluding diaryl/α,β-unsaturated/α-hetero) is 5. The minimum Gasteiger partial charge on any atom is -0.481 e. The van der Waals surface area contributed by atoms with Crippen LogP contribution in [-0.4, -0.2) is 159 Å². The number of aliphatic hydroxyl groups is 1.